The molecule has 2 nitrogen and oxygen atoms in total. The first-order valence-electron chi connectivity index (χ1n) is 12.1. The minimum Gasteiger partial charge on any atom is -0.347 e. The predicted molar refractivity (Wildman–Crippen MR) is 127 cm³/mol. The van der Waals surface area contributed by atoms with Crippen LogP contribution in [0.5, 0.6) is 0 Å². The average Bonchev–Trinajstić information content (AvgIpc) is 2.71. The van der Waals surface area contributed by atoms with Crippen LogP contribution >= 0.6 is 0 Å². The summed E-state index contributed by atoms with van der Waals surface area (Å²) in [5, 5.41) is 3.17. The summed E-state index contributed by atoms with van der Waals surface area (Å²) >= 11 is 0. The molecule has 0 unspecified atom stereocenters. The van der Waals surface area contributed by atoms with E-state index in [1.807, 2.05) is 18.2 Å². The number of hydrogen-bond acceptors (Lipinski definition) is 1. The largest absolute Gasteiger partial charge is 0.347 e. The fourth-order valence-electron chi connectivity index (χ4n) is 3.69. The van der Waals surface area contributed by atoms with Crippen molar-refractivity contribution in [3.05, 3.63) is 48.0 Å². The molecule has 0 aromatic heterocycles. The van der Waals surface area contributed by atoms with Gasteiger partial charge in [-0.15, -0.1) is 0 Å². The molecule has 0 aliphatic heterocycles. The zero-order valence-electron chi connectivity index (χ0n) is 19.3. The molecule has 0 radical (unpaired) electrons. The van der Waals surface area contributed by atoms with Gasteiger partial charge in [0.05, 0.1) is 5.54 Å². The van der Waals surface area contributed by atoms with E-state index in [1.54, 1.807) is 0 Å². The smallest absolute Gasteiger partial charge is 0.220 e. The maximum atomic E-state index is 12.2. The van der Waals surface area contributed by atoms with E-state index < -0.39 is 0 Å². The van der Waals surface area contributed by atoms with Crippen LogP contribution in [0.25, 0.3) is 0 Å². The second-order valence-electron chi connectivity index (χ2n) is 8.87. The van der Waals surface area contributed by atoms with Crippen molar-refractivity contribution in [1.82, 2.24) is 5.32 Å². The molecule has 1 amide bonds. The lowest BCUT2D eigenvalue weighted by atomic mass is 9.94. The summed E-state index contributed by atoms with van der Waals surface area (Å²) in [6.07, 6.45) is 22.1. The van der Waals surface area contributed by atoms with Crippen LogP contribution in [-0.4, -0.2) is 5.91 Å². The minimum atomic E-state index is -0.305. The molecule has 2 heteroatoms. The predicted octanol–water partition coefficient (Wildman–Crippen LogP) is 8.08. The first-order chi connectivity index (χ1) is 14.1. The molecule has 0 spiro atoms. The van der Waals surface area contributed by atoms with E-state index in [-0.39, 0.29) is 11.4 Å². The molecule has 1 rings (SSSR count). The van der Waals surface area contributed by atoms with E-state index in [2.05, 4.69) is 50.4 Å². The van der Waals surface area contributed by atoms with Crippen molar-refractivity contribution in [3.8, 4) is 0 Å². The van der Waals surface area contributed by atoms with Crippen molar-refractivity contribution in [2.45, 2.75) is 116 Å². The van der Waals surface area contributed by atoms with Gasteiger partial charge in [0.1, 0.15) is 0 Å². The van der Waals surface area contributed by atoms with Crippen molar-refractivity contribution in [2.75, 3.05) is 0 Å². The lowest BCUT2D eigenvalue weighted by molar-refractivity contribution is -0.122. The Morgan fingerprint density at radius 2 is 1.31 bits per heavy atom. The topological polar surface area (TPSA) is 29.1 Å². The van der Waals surface area contributed by atoms with Crippen molar-refractivity contribution in [3.63, 3.8) is 0 Å². The van der Waals surface area contributed by atoms with Gasteiger partial charge in [-0.3, -0.25) is 4.79 Å². The van der Waals surface area contributed by atoms with Gasteiger partial charge in [-0.25, -0.2) is 0 Å². The first kappa shape index (κ1) is 25.5. The fourth-order valence-corrected chi connectivity index (χ4v) is 3.69. The first-order valence-corrected chi connectivity index (χ1v) is 12.1. The summed E-state index contributed by atoms with van der Waals surface area (Å²) in [4.78, 5) is 12.2. The number of hydrogen-bond donors (Lipinski definition) is 1. The van der Waals surface area contributed by atoms with Crippen LogP contribution in [0.4, 0.5) is 0 Å². The van der Waals surface area contributed by atoms with Crippen molar-refractivity contribution in [1.29, 1.82) is 0 Å². The quantitative estimate of drug-likeness (QED) is 0.208. The van der Waals surface area contributed by atoms with E-state index in [0.29, 0.717) is 6.42 Å². The van der Waals surface area contributed by atoms with Gasteiger partial charge in [-0.1, -0.05) is 101 Å². The molecule has 29 heavy (non-hydrogen) atoms. The number of carbonyl (C=O) groups is 1. The van der Waals surface area contributed by atoms with Crippen molar-refractivity contribution in [2.24, 2.45) is 0 Å². The molecule has 0 saturated heterocycles. The van der Waals surface area contributed by atoms with Crippen LogP contribution in [-0.2, 0) is 10.3 Å². The lowest BCUT2D eigenvalue weighted by Crippen LogP contribution is -2.40. The zero-order valence-corrected chi connectivity index (χ0v) is 19.3. The SMILES string of the molecule is CCCCCCCCC=CCCCCCCCC(=O)NC(C)(C)c1ccccc1. The summed E-state index contributed by atoms with van der Waals surface area (Å²) in [7, 11) is 0. The number of carbonyl (C=O) groups excluding carboxylic acids is 1. The van der Waals surface area contributed by atoms with Crippen LogP contribution in [0.3, 0.4) is 0 Å². The number of rotatable bonds is 17. The van der Waals surface area contributed by atoms with Gasteiger partial charge in [-0.05, 0) is 51.5 Å². The molecule has 0 fully saturated rings. The summed E-state index contributed by atoms with van der Waals surface area (Å²) in [6, 6.07) is 10.2. The Labute approximate surface area is 180 Å². The summed E-state index contributed by atoms with van der Waals surface area (Å²) in [5.74, 6) is 0.163. The Kier molecular flexibility index (Phi) is 14.3. The minimum absolute atomic E-state index is 0.163. The molecular weight excluding hydrogens is 354 g/mol. The molecular formula is C27H45NO. The molecule has 0 aliphatic rings. The van der Waals surface area contributed by atoms with E-state index in [0.717, 1.165) is 18.4 Å². The third-order valence-corrected chi connectivity index (χ3v) is 5.61. The van der Waals surface area contributed by atoms with Gasteiger partial charge in [-0.2, -0.15) is 0 Å². The summed E-state index contributed by atoms with van der Waals surface area (Å²) < 4.78 is 0. The van der Waals surface area contributed by atoms with E-state index >= 15 is 0 Å². The van der Waals surface area contributed by atoms with Gasteiger partial charge >= 0.3 is 0 Å². The van der Waals surface area contributed by atoms with Crippen molar-refractivity contribution < 1.29 is 4.79 Å². The molecule has 1 N–H and O–H groups in total. The highest BCUT2D eigenvalue weighted by atomic mass is 16.1. The number of benzene rings is 1. The highest BCUT2D eigenvalue weighted by molar-refractivity contribution is 5.76. The Balaban J connectivity index is 1.95. The van der Waals surface area contributed by atoms with Crippen LogP contribution in [0.15, 0.2) is 42.5 Å². The standard InChI is InChI=1S/C27H45NO/c1-4-5-6-7-8-9-10-11-12-13-14-15-16-17-21-24-26(29)28-27(2,3)25-22-19-18-20-23-25/h11-12,18-20,22-23H,4-10,13-17,21,24H2,1-3H3,(H,28,29). The van der Waals surface area contributed by atoms with Crippen molar-refractivity contribution >= 4 is 5.91 Å². The van der Waals surface area contributed by atoms with Crippen LogP contribution < -0.4 is 5.32 Å². The zero-order chi connectivity index (χ0) is 21.2. The monoisotopic (exact) mass is 399 g/mol. The highest BCUT2D eigenvalue weighted by Gasteiger charge is 2.21. The van der Waals surface area contributed by atoms with Gasteiger partial charge < -0.3 is 5.32 Å². The van der Waals surface area contributed by atoms with Gasteiger partial charge in [0.2, 0.25) is 5.91 Å². The second kappa shape index (κ2) is 16.3. The molecule has 0 bridgehead atoms. The maximum Gasteiger partial charge on any atom is 0.220 e. The van der Waals surface area contributed by atoms with Gasteiger partial charge in [0.15, 0.2) is 0 Å². The third-order valence-electron chi connectivity index (χ3n) is 5.61. The highest BCUT2D eigenvalue weighted by Crippen LogP contribution is 2.20. The van der Waals surface area contributed by atoms with E-state index in [9.17, 15) is 4.79 Å². The Morgan fingerprint density at radius 3 is 1.90 bits per heavy atom. The van der Waals surface area contributed by atoms with Gasteiger partial charge in [0.25, 0.3) is 0 Å². The Bertz CT molecular complexity index is 547. The number of amides is 1. The van der Waals surface area contributed by atoms with E-state index in [4.69, 9.17) is 0 Å². The third kappa shape index (κ3) is 13.3. The average molecular weight is 400 g/mol. The maximum absolute atomic E-state index is 12.2. The van der Waals surface area contributed by atoms with E-state index in [1.165, 1.54) is 70.6 Å². The van der Waals surface area contributed by atoms with Crippen LogP contribution in [0.2, 0.25) is 0 Å². The molecule has 0 saturated carbocycles. The van der Waals surface area contributed by atoms with Gasteiger partial charge in [0, 0.05) is 6.42 Å². The number of nitrogens with one attached hydrogen (secondary N) is 1. The fraction of sp³-hybridized carbons (Fsp3) is 0.667. The normalized spacial score (nSPS) is 11.8. The summed E-state index contributed by atoms with van der Waals surface area (Å²) in [6.45, 7) is 6.41. The number of unbranched alkanes of at least 4 members (excludes halogenated alkanes) is 11. The molecule has 1 aromatic rings. The second-order valence-corrected chi connectivity index (χ2v) is 8.87. The molecule has 0 atom stereocenters. The summed E-state index contributed by atoms with van der Waals surface area (Å²) in [5.41, 5.74) is 0.845. The molecule has 1 aromatic carbocycles. The lowest BCUT2D eigenvalue weighted by Gasteiger charge is -2.27. The van der Waals surface area contributed by atoms with Crippen LogP contribution in [0, 0.1) is 0 Å². The molecule has 164 valence electrons. The molecule has 0 aliphatic carbocycles. The Hall–Kier alpha value is -1.57. The number of allylic oxidation sites excluding steroid dienone is 2. The Morgan fingerprint density at radius 1 is 0.793 bits per heavy atom. The molecule has 0 heterocycles. The van der Waals surface area contributed by atoms with Crippen LogP contribution in [0.1, 0.15) is 116 Å².